The largest absolute Gasteiger partial charge is 0.389 e. The second-order valence-corrected chi connectivity index (χ2v) is 5.86. The van der Waals surface area contributed by atoms with Crippen LogP contribution in [0.15, 0.2) is 0 Å². The highest BCUT2D eigenvalue weighted by molar-refractivity contribution is 7.89. The van der Waals surface area contributed by atoms with E-state index in [0.717, 1.165) is 0 Å². The van der Waals surface area contributed by atoms with E-state index in [1.165, 1.54) is 7.11 Å². The van der Waals surface area contributed by atoms with E-state index in [2.05, 4.69) is 4.72 Å². The molecule has 0 aliphatic carbocycles. The standard InChI is InChI=1S/C9H19F3N2O3S/c1-17-7-8(13)3-5-14-18(15,16)6-2-4-9(10,11)12/h8,14H,2-7,13H2,1H3. The Morgan fingerprint density at radius 3 is 2.50 bits per heavy atom. The Kier molecular flexibility index (Phi) is 7.76. The number of ether oxygens (including phenoxy) is 1. The predicted molar refractivity (Wildman–Crippen MR) is 61.5 cm³/mol. The van der Waals surface area contributed by atoms with Crippen molar-refractivity contribution < 1.29 is 26.3 Å². The molecule has 0 aromatic rings. The summed E-state index contributed by atoms with van der Waals surface area (Å²) in [5, 5.41) is 0. The molecule has 0 amide bonds. The molecular formula is C9H19F3N2O3S. The number of methoxy groups -OCH3 is 1. The Bertz CT molecular complexity index is 320. The monoisotopic (exact) mass is 292 g/mol. The molecule has 0 aromatic heterocycles. The molecule has 9 heteroatoms. The zero-order chi connectivity index (χ0) is 14.2. The Balaban J connectivity index is 3.81. The van der Waals surface area contributed by atoms with Gasteiger partial charge in [0.15, 0.2) is 0 Å². The molecule has 0 radical (unpaired) electrons. The third-order valence-electron chi connectivity index (χ3n) is 2.09. The van der Waals surface area contributed by atoms with E-state index >= 15 is 0 Å². The fourth-order valence-electron chi connectivity index (χ4n) is 1.23. The van der Waals surface area contributed by atoms with Crippen LogP contribution in [-0.4, -0.2) is 46.7 Å². The highest BCUT2D eigenvalue weighted by atomic mass is 32.2. The topological polar surface area (TPSA) is 81.4 Å². The Hall–Kier alpha value is -0.380. The molecule has 5 nitrogen and oxygen atoms in total. The molecule has 1 atom stereocenters. The van der Waals surface area contributed by atoms with Crippen molar-refractivity contribution in [2.75, 3.05) is 26.0 Å². The van der Waals surface area contributed by atoms with Crippen LogP contribution in [0.5, 0.6) is 0 Å². The first kappa shape index (κ1) is 17.6. The lowest BCUT2D eigenvalue weighted by Gasteiger charge is -2.11. The first-order valence-corrected chi connectivity index (χ1v) is 7.10. The average molecular weight is 292 g/mol. The van der Waals surface area contributed by atoms with Crippen LogP contribution in [0.4, 0.5) is 13.2 Å². The second kappa shape index (κ2) is 7.93. The molecule has 0 heterocycles. The summed E-state index contributed by atoms with van der Waals surface area (Å²) in [6.07, 6.45) is -5.50. The van der Waals surface area contributed by atoms with Gasteiger partial charge in [0.1, 0.15) is 0 Å². The van der Waals surface area contributed by atoms with E-state index in [1.807, 2.05) is 0 Å². The van der Waals surface area contributed by atoms with Gasteiger partial charge in [-0.2, -0.15) is 13.2 Å². The molecule has 0 aromatic carbocycles. The molecule has 0 saturated heterocycles. The highest BCUT2D eigenvalue weighted by Gasteiger charge is 2.27. The summed E-state index contributed by atoms with van der Waals surface area (Å²) in [7, 11) is -2.19. The lowest BCUT2D eigenvalue weighted by Crippen LogP contribution is -2.34. The van der Waals surface area contributed by atoms with E-state index in [9.17, 15) is 21.6 Å². The summed E-state index contributed by atoms with van der Waals surface area (Å²) < 4.78 is 65.1. The normalized spacial score (nSPS) is 14.7. The summed E-state index contributed by atoms with van der Waals surface area (Å²) in [5.74, 6) is -0.536. The second-order valence-electron chi connectivity index (χ2n) is 3.94. The number of sulfonamides is 1. The first-order chi connectivity index (χ1) is 8.16. The van der Waals surface area contributed by atoms with Crippen LogP contribution in [-0.2, 0) is 14.8 Å². The summed E-state index contributed by atoms with van der Waals surface area (Å²) in [6.45, 7) is 0.397. The van der Waals surface area contributed by atoms with E-state index in [4.69, 9.17) is 10.5 Å². The van der Waals surface area contributed by atoms with Gasteiger partial charge in [0.05, 0.1) is 12.4 Å². The molecule has 110 valence electrons. The zero-order valence-electron chi connectivity index (χ0n) is 10.2. The van der Waals surface area contributed by atoms with Crippen LogP contribution in [0.3, 0.4) is 0 Å². The van der Waals surface area contributed by atoms with Crippen molar-refractivity contribution in [3.8, 4) is 0 Å². The summed E-state index contributed by atoms with van der Waals surface area (Å²) in [6, 6.07) is -0.298. The number of nitrogens with two attached hydrogens (primary N) is 1. The van der Waals surface area contributed by atoms with Crippen molar-refractivity contribution in [3.05, 3.63) is 0 Å². The van der Waals surface area contributed by atoms with Crippen molar-refractivity contribution in [3.63, 3.8) is 0 Å². The average Bonchev–Trinajstić information content (AvgIpc) is 2.14. The summed E-state index contributed by atoms with van der Waals surface area (Å²) >= 11 is 0. The van der Waals surface area contributed by atoms with Gasteiger partial charge >= 0.3 is 6.18 Å². The van der Waals surface area contributed by atoms with Crippen LogP contribution in [0.1, 0.15) is 19.3 Å². The first-order valence-electron chi connectivity index (χ1n) is 5.45. The lowest BCUT2D eigenvalue weighted by molar-refractivity contribution is -0.134. The summed E-state index contributed by atoms with van der Waals surface area (Å²) in [4.78, 5) is 0. The number of hydrogen-bond donors (Lipinski definition) is 2. The van der Waals surface area contributed by atoms with E-state index < -0.39 is 34.8 Å². The molecule has 0 saturated carbocycles. The minimum Gasteiger partial charge on any atom is -0.383 e. The number of nitrogens with one attached hydrogen (secondary N) is 1. The van der Waals surface area contributed by atoms with Gasteiger partial charge in [-0.15, -0.1) is 0 Å². The van der Waals surface area contributed by atoms with Gasteiger partial charge in [0, 0.05) is 26.1 Å². The SMILES string of the molecule is COCC(N)CCNS(=O)(=O)CCCC(F)(F)F. The van der Waals surface area contributed by atoms with Crippen LogP contribution >= 0.6 is 0 Å². The molecule has 3 N–H and O–H groups in total. The van der Waals surface area contributed by atoms with Crippen LogP contribution < -0.4 is 10.5 Å². The van der Waals surface area contributed by atoms with Crippen molar-refractivity contribution >= 4 is 10.0 Å². The van der Waals surface area contributed by atoms with Crippen molar-refractivity contribution in [2.24, 2.45) is 5.73 Å². The molecule has 0 bridgehead atoms. The van der Waals surface area contributed by atoms with Gasteiger partial charge in [-0.05, 0) is 12.8 Å². The predicted octanol–water partition coefficient (Wildman–Crippen LogP) is 0.612. The smallest absolute Gasteiger partial charge is 0.383 e. The fourth-order valence-corrected chi connectivity index (χ4v) is 2.33. The minimum atomic E-state index is -4.32. The molecule has 1 unspecified atom stereocenters. The maximum Gasteiger partial charge on any atom is 0.389 e. The van der Waals surface area contributed by atoms with Crippen LogP contribution in [0.2, 0.25) is 0 Å². The quantitative estimate of drug-likeness (QED) is 0.652. The number of alkyl halides is 3. The van der Waals surface area contributed by atoms with E-state index in [0.29, 0.717) is 13.0 Å². The zero-order valence-corrected chi connectivity index (χ0v) is 11.0. The van der Waals surface area contributed by atoms with E-state index in [-0.39, 0.29) is 12.6 Å². The van der Waals surface area contributed by atoms with Gasteiger partial charge < -0.3 is 10.5 Å². The van der Waals surface area contributed by atoms with Crippen molar-refractivity contribution in [1.29, 1.82) is 0 Å². The van der Waals surface area contributed by atoms with Crippen molar-refractivity contribution in [1.82, 2.24) is 4.72 Å². The van der Waals surface area contributed by atoms with Gasteiger partial charge in [0.25, 0.3) is 0 Å². The number of halogens is 3. The Morgan fingerprint density at radius 1 is 1.39 bits per heavy atom. The van der Waals surface area contributed by atoms with Crippen LogP contribution in [0, 0.1) is 0 Å². The third-order valence-corrected chi connectivity index (χ3v) is 3.56. The van der Waals surface area contributed by atoms with E-state index in [1.54, 1.807) is 0 Å². The Labute approximate surface area is 105 Å². The molecular weight excluding hydrogens is 273 g/mol. The number of hydrogen-bond acceptors (Lipinski definition) is 4. The molecule has 0 spiro atoms. The molecule has 0 fully saturated rings. The van der Waals surface area contributed by atoms with Crippen LogP contribution in [0.25, 0.3) is 0 Å². The molecule has 0 aliphatic rings. The maximum atomic E-state index is 11.8. The molecule has 0 rings (SSSR count). The lowest BCUT2D eigenvalue weighted by atomic mass is 10.2. The fraction of sp³-hybridized carbons (Fsp3) is 1.00. The van der Waals surface area contributed by atoms with Gasteiger partial charge in [-0.1, -0.05) is 0 Å². The minimum absolute atomic E-state index is 0.0961. The van der Waals surface area contributed by atoms with Gasteiger partial charge in [-0.3, -0.25) is 0 Å². The van der Waals surface area contributed by atoms with Gasteiger partial charge in [0.2, 0.25) is 10.0 Å². The number of rotatable bonds is 9. The Morgan fingerprint density at radius 2 is 2.00 bits per heavy atom. The maximum absolute atomic E-state index is 11.8. The van der Waals surface area contributed by atoms with Crippen molar-refractivity contribution in [2.45, 2.75) is 31.5 Å². The van der Waals surface area contributed by atoms with Gasteiger partial charge in [-0.25, -0.2) is 13.1 Å². The molecule has 0 aliphatic heterocycles. The summed E-state index contributed by atoms with van der Waals surface area (Å²) in [5.41, 5.74) is 5.56. The third kappa shape index (κ3) is 10.8. The molecule has 18 heavy (non-hydrogen) atoms. The highest BCUT2D eigenvalue weighted by Crippen LogP contribution is 2.21.